The third-order valence-corrected chi connectivity index (χ3v) is 3.40. The summed E-state index contributed by atoms with van der Waals surface area (Å²) in [6.45, 7) is 10.6. The van der Waals surface area contributed by atoms with Crippen molar-refractivity contribution in [3.05, 3.63) is 12.7 Å². The minimum Gasteiger partial charge on any atom is -0.469 e. The first-order valence-corrected chi connectivity index (χ1v) is 7.86. The monoisotopic (exact) mass is 343 g/mol. The maximum atomic E-state index is 12.5. The zero-order chi connectivity index (χ0) is 19.0. The maximum absolute atomic E-state index is 12.5. The highest BCUT2D eigenvalue weighted by molar-refractivity contribution is 5.92. The summed E-state index contributed by atoms with van der Waals surface area (Å²) in [5.74, 6) is -2.29. The van der Waals surface area contributed by atoms with Gasteiger partial charge in [0.1, 0.15) is 5.60 Å². The van der Waals surface area contributed by atoms with E-state index in [2.05, 4.69) is 11.9 Å². The molecule has 0 heterocycles. The molecule has 0 aromatic heterocycles. The predicted octanol–water partition coefficient (Wildman–Crippen LogP) is 2.59. The number of alkyl carbamates (subject to hydrolysis) is 1. The highest BCUT2D eigenvalue weighted by Crippen LogP contribution is 2.30. The molecule has 0 spiro atoms. The van der Waals surface area contributed by atoms with Gasteiger partial charge in [-0.1, -0.05) is 19.4 Å². The van der Waals surface area contributed by atoms with Crippen molar-refractivity contribution in [2.75, 3.05) is 14.2 Å². The van der Waals surface area contributed by atoms with Crippen LogP contribution in [0.2, 0.25) is 0 Å². The minimum absolute atomic E-state index is 0.00131. The van der Waals surface area contributed by atoms with E-state index < -0.39 is 35.1 Å². The van der Waals surface area contributed by atoms with E-state index in [-0.39, 0.29) is 6.42 Å². The second kappa shape index (κ2) is 9.30. The number of rotatable bonds is 8. The molecule has 2 atom stereocenters. The van der Waals surface area contributed by atoms with E-state index in [1.807, 2.05) is 6.92 Å². The summed E-state index contributed by atoms with van der Waals surface area (Å²) in [5, 5.41) is 2.53. The SMILES string of the molecule is C=CC[C@@](NC(=O)OC(C)(C)C)(C(=O)OC)[C@H](CCC)C(=O)OC. The van der Waals surface area contributed by atoms with E-state index in [1.165, 1.54) is 20.3 Å². The molecule has 0 fully saturated rings. The van der Waals surface area contributed by atoms with Crippen LogP contribution in [0.25, 0.3) is 0 Å². The van der Waals surface area contributed by atoms with Crippen LogP contribution < -0.4 is 5.32 Å². The van der Waals surface area contributed by atoms with Crippen LogP contribution >= 0.6 is 0 Å². The molecule has 0 rings (SSSR count). The lowest BCUT2D eigenvalue weighted by Gasteiger charge is -2.37. The van der Waals surface area contributed by atoms with Crippen molar-refractivity contribution in [2.24, 2.45) is 5.92 Å². The lowest BCUT2D eigenvalue weighted by molar-refractivity contribution is -0.161. The van der Waals surface area contributed by atoms with Gasteiger partial charge < -0.3 is 19.5 Å². The molecular weight excluding hydrogens is 314 g/mol. The average Bonchev–Trinajstić information content (AvgIpc) is 2.48. The van der Waals surface area contributed by atoms with Gasteiger partial charge in [0.05, 0.1) is 20.1 Å². The molecule has 138 valence electrons. The first-order valence-electron chi connectivity index (χ1n) is 7.86. The molecule has 0 saturated carbocycles. The fourth-order valence-corrected chi connectivity index (χ4v) is 2.45. The first kappa shape index (κ1) is 21.9. The fourth-order valence-electron chi connectivity index (χ4n) is 2.45. The van der Waals surface area contributed by atoms with Gasteiger partial charge in [-0.15, -0.1) is 6.58 Å². The summed E-state index contributed by atoms with van der Waals surface area (Å²) < 4.78 is 14.9. The van der Waals surface area contributed by atoms with Crippen LogP contribution in [-0.2, 0) is 23.8 Å². The average molecular weight is 343 g/mol. The molecule has 0 aromatic rings. The highest BCUT2D eigenvalue weighted by atomic mass is 16.6. The topological polar surface area (TPSA) is 90.9 Å². The van der Waals surface area contributed by atoms with Crippen LogP contribution in [0, 0.1) is 5.92 Å². The fraction of sp³-hybridized carbons (Fsp3) is 0.706. The number of hydrogen-bond acceptors (Lipinski definition) is 6. The molecule has 0 aliphatic heterocycles. The third-order valence-electron chi connectivity index (χ3n) is 3.40. The van der Waals surface area contributed by atoms with Crippen LogP contribution in [-0.4, -0.2) is 43.4 Å². The largest absolute Gasteiger partial charge is 0.469 e. The molecular formula is C17H29NO6. The smallest absolute Gasteiger partial charge is 0.408 e. The molecule has 0 aliphatic carbocycles. The summed E-state index contributed by atoms with van der Waals surface area (Å²) in [6.07, 6.45) is 1.55. The van der Waals surface area contributed by atoms with Crippen molar-refractivity contribution in [1.29, 1.82) is 0 Å². The number of methoxy groups -OCH3 is 2. The zero-order valence-electron chi connectivity index (χ0n) is 15.4. The van der Waals surface area contributed by atoms with Crippen molar-refractivity contribution >= 4 is 18.0 Å². The molecule has 7 heteroatoms. The van der Waals surface area contributed by atoms with Crippen molar-refractivity contribution in [3.63, 3.8) is 0 Å². The number of carbonyl (C=O) groups is 3. The Morgan fingerprint density at radius 3 is 2.12 bits per heavy atom. The van der Waals surface area contributed by atoms with Gasteiger partial charge in [0.2, 0.25) is 0 Å². The predicted molar refractivity (Wildman–Crippen MR) is 89.3 cm³/mol. The number of hydrogen-bond donors (Lipinski definition) is 1. The number of carbonyl (C=O) groups excluding carboxylic acids is 3. The van der Waals surface area contributed by atoms with Crippen molar-refractivity contribution < 1.29 is 28.6 Å². The molecule has 0 aliphatic rings. The van der Waals surface area contributed by atoms with E-state index in [1.54, 1.807) is 20.8 Å². The van der Waals surface area contributed by atoms with E-state index >= 15 is 0 Å². The Labute approximate surface area is 143 Å². The summed E-state index contributed by atoms with van der Waals surface area (Å²) >= 11 is 0. The number of esters is 2. The van der Waals surface area contributed by atoms with Gasteiger partial charge in [0.25, 0.3) is 0 Å². The maximum Gasteiger partial charge on any atom is 0.408 e. The van der Waals surface area contributed by atoms with Gasteiger partial charge in [-0.2, -0.15) is 0 Å². The second-order valence-corrected chi connectivity index (χ2v) is 6.45. The quantitative estimate of drug-likeness (QED) is 0.414. The number of nitrogens with one attached hydrogen (secondary N) is 1. The minimum atomic E-state index is -1.64. The molecule has 0 radical (unpaired) electrons. The summed E-state index contributed by atoms with van der Waals surface area (Å²) in [6, 6.07) is 0. The van der Waals surface area contributed by atoms with Crippen LogP contribution in [0.4, 0.5) is 4.79 Å². The van der Waals surface area contributed by atoms with Crippen LogP contribution in [0.15, 0.2) is 12.7 Å². The molecule has 7 nitrogen and oxygen atoms in total. The Kier molecular flexibility index (Phi) is 8.50. The molecule has 0 bridgehead atoms. The Morgan fingerprint density at radius 1 is 1.17 bits per heavy atom. The van der Waals surface area contributed by atoms with Crippen molar-refractivity contribution in [1.82, 2.24) is 5.32 Å². The van der Waals surface area contributed by atoms with Crippen molar-refractivity contribution in [3.8, 4) is 0 Å². The van der Waals surface area contributed by atoms with Crippen molar-refractivity contribution in [2.45, 2.75) is 58.1 Å². The van der Waals surface area contributed by atoms with Gasteiger partial charge in [-0.3, -0.25) is 4.79 Å². The summed E-state index contributed by atoms with van der Waals surface area (Å²) in [7, 11) is 2.42. The van der Waals surface area contributed by atoms with Gasteiger partial charge in [-0.25, -0.2) is 9.59 Å². The molecule has 1 N–H and O–H groups in total. The second-order valence-electron chi connectivity index (χ2n) is 6.45. The van der Waals surface area contributed by atoms with E-state index in [0.717, 1.165) is 0 Å². The van der Waals surface area contributed by atoms with Gasteiger partial charge in [0, 0.05) is 0 Å². The Hall–Kier alpha value is -2.05. The van der Waals surface area contributed by atoms with E-state index in [9.17, 15) is 14.4 Å². The van der Waals surface area contributed by atoms with Crippen LogP contribution in [0.1, 0.15) is 47.0 Å². The molecule has 24 heavy (non-hydrogen) atoms. The highest BCUT2D eigenvalue weighted by Gasteiger charge is 2.51. The third kappa shape index (κ3) is 5.86. The van der Waals surface area contributed by atoms with Gasteiger partial charge in [-0.05, 0) is 33.6 Å². The normalized spacial score (nSPS) is 14.8. The zero-order valence-corrected chi connectivity index (χ0v) is 15.4. The Balaban J connectivity index is 5.93. The standard InChI is InChI=1S/C17H29NO6/c1-8-10-12(13(19)22-6)17(11-9-2,14(20)23-7)18-15(21)24-16(3,4)5/h9,12H,2,8,10-11H2,1,3-7H3,(H,18,21)/t12-,17+/m1/s1. The van der Waals surface area contributed by atoms with E-state index in [4.69, 9.17) is 14.2 Å². The summed E-state index contributed by atoms with van der Waals surface area (Å²) in [4.78, 5) is 37.0. The Bertz CT molecular complexity index is 468. The van der Waals surface area contributed by atoms with Crippen LogP contribution in [0.3, 0.4) is 0 Å². The molecule has 0 unspecified atom stereocenters. The molecule has 1 amide bonds. The lowest BCUT2D eigenvalue weighted by atomic mass is 9.78. The molecule has 0 saturated heterocycles. The van der Waals surface area contributed by atoms with Gasteiger partial charge in [0.15, 0.2) is 5.54 Å². The van der Waals surface area contributed by atoms with Crippen LogP contribution in [0.5, 0.6) is 0 Å². The first-order chi connectivity index (χ1) is 11.1. The lowest BCUT2D eigenvalue weighted by Crippen LogP contribution is -2.62. The van der Waals surface area contributed by atoms with Gasteiger partial charge >= 0.3 is 18.0 Å². The van der Waals surface area contributed by atoms with E-state index in [0.29, 0.717) is 12.8 Å². The number of amides is 1. The molecule has 0 aromatic carbocycles. The Morgan fingerprint density at radius 2 is 1.75 bits per heavy atom. The number of ether oxygens (including phenoxy) is 3. The summed E-state index contributed by atoms with van der Waals surface area (Å²) in [5.41, 5.74) is -2.40.